The first-order valence-electron chi connectivity index (χ1n) is 11.7. The van der Waals surface area contributed by atoms with E-state index in [1.165, 1.54) is 10.6 Å². The van der Waals surface area contributed by atoms with Gasteiger partial charge in [0.15, 0.2) is 0 Å². The molecule has 0 bridgehead atoms. The van der Waals surface area contributed by atoms with Crippen LogP contribution < -0.4 is 10.9 Å². The second kappa shape index (κ2) is 12.0. The van der Waals surface area contributed by atoms with Crippen LogP contribution in [0.5, 0.6) is 0 Å². The van der Waals surface area contributed by atoms with Gasteiger partial charge in [0.25, 0.3) is 11.5 Å². The zero-order chi connectivity index (χ0) is 24.5. The zero-order valence-electron chi connectivity index (χ0n) is 19.7. The smallest absolute Gasteiger partial charge is 0.409 e. The maximum atomic E-state index is 13.1. The molecule has 2 heterocycles. The summed E-state index contributed by atoms with van der Waals surface area (Å²) in [5.41, 5.74) is 0.539. The summed E-state index contributed by atoms with van der Waals surface area (Å²) in [6.45, 7) is 5.81. The van der Waals surface area contributed by atoms with Crippen molar-refractivity contribution >= 4 is 17.9 Å². The monoisotopic (exact) mass is 468 g/mol. The van der Waals surface area contributed by atoms with Crippen molar-refractivity contribution in [2.45, 2.75) is 39.3 Å². The summed E-state index contributed by atoms with van der Waals surface area (Å²) in [7, 11) is 0. The Morgan fingerprint density at radius 3 is 2.29 bits per heavy atom. The molecule has 182 valence electrons. The molecule has 0 radical (unpaired) electrons. The van der Waals surface area contributed by atoms with Crippen molar-refractivity contribution in [3.8, 4) is 0 Å². The topological polar surface area (TPSA) is 101 Å². The van der Waals surface area contributed by atoms with E-state index >= 15 is 0 Å². The molecular formula is C25H32N4O5. The van der Waals surface area contributed by atoms with Crippen LogP contribution >= 0.6 is 0 Å². The Hall–Kier alpha value is -3.62. The number of nitrogens with zero attached hydrogens (tertiary/aromatic N) is 3. The molecule has 1 aromatic heterocycles. The molecule has 1 aliphatic heterocycles. The van der Waals surface area contributed by atoms with Gasteiger partial charge in [-0.15, -0.1) is 0 Å². The van der Waals surface area contributed by atoms with E-state index in [0.717, 1.165) is 5.56 Å². The van der Waals surface area contributed by atoms with E-state index in [1.54, 1.807) is 29.0 Å². The van der Waals surface area contributed by atoms with E-state index in [2.05, 4.69) is 5.32 Å². The lowest BCUT2D eigenvalue weighted by Gasteiger charge is -2.36. The van der Waals surface area contributed by atoms with Crippen molar-refractivity contribution in [2.75, 3.05) is 32.8 Å². The average Bonchev–Trinajstić information content (AvgIpc) is 2.85. The van der Waals surface area contributed by atoms with Crippen LogP contribution in [0, 0.1) is 0 Å². The van der Waals surface area contributed by atoms with Gasteiger partial charge < -0.3 is 24.4 Å². The van der Waals surface area contributed by atoms with E-state index in [9.17, 15) is 19.2 Å². The number of pyridine rings is 1. The number of hydrogen-bond acceptors (Lipinski definition) is 5. The highest BCUT2D eigenvalue weighted by Crippen LogP contribution is 2.10. The van der Waals surface area contributed by atoms with Crippen LogP contribution in [0.4, 0.5) is 4.79 Å². The highest BCUT2D eigenvalue weighted by Gasteiger charge is 2.30. The number of carbonyl (C=O) groups excluding carboxylic acids is 3. The van der Waals surface area contributed by atoms with Crippen LogP contribution in [0.1, 0.15) is 42.6 Å². The number of amides is 3. The number of rotatable bonds is 8. The Bertz CT molecular complexity index is 1040. The number of ether oxygens (including phenoxy) is 1. The summed E-state index contributed by atoms with van der Waals surface area (Å²) in [6.07, 6.45) is 2.40. The van der Waals surface area contributed by atoms with Gasteiger partial charge in [-0.25, -0.2) is 4.79 Å². The minimum Gasteiger partial charge on any atom is -0.450 e. The lowest BCUT2D eigenvalue weighted by molar-refractivity contribution is -0.135. The van der Waals surface area contributed by atoms with Crippen molar-refractivity contribution in [1.82, 2.24) is 19.7 Å². The molecule has 2 aromatic rings. The van der Waals surface area contributed by atoms with Crippen LogP contribution in [-0.2, 0) is 16.1 Å². The number of carbonyl (C=O) groups is 3. The summed E-state index contributed by atoms with van der Waals surface area (Å²) < 4.78 is 6.50. The molecule has 9 nitrogen and oxygen atoms in total. The number of hydrogen-bond donors (Lipinski definition) is 1. The van der Waals surface area contributed by atoms with Crippen LogP contribution in [0.2, 0.25) is 0 Å². The first kappa shape index (κ1) is 25.0. The fraction of sp³-hybridized carbons (Fsp3) is 0.440. The fourth-order valence-corrected chi connectivity index (χ4v) is 3.94. The highest BCUT2D eigenvalue weighted by molar-refractivity contribution is 5.97. The number of benzene rings is 1. The molecule has 1 saturated heterocycles. The highest BCUT2D eigenvalue weighted by atomic mass is 16.6. The lowest BCUT2D eigenvalue weighted by Crippen LogP contribution is -2.56. The van der Waals surface area contributed by atoms with Gasteiger partial charge in [0.05, 0.1) is 13.2 Å². The molecule has 0 spiro atoms. The van der Waals surface area contributed by atoms with Gasteiger partial charge in [-0.05, 0) is 31.0 Å². The van der Waals surface area contributed by atoms with Crippen LogP contribution in [-0.4, -0.2) is 71.1 Å². The molecule has 3 rings (SSSR count). The standard InChI is InChI=1S/C25H32N4O5/c1-3-9-21(24(32)27-14-16-28(17-15-27)25(33)34-4-2)26-22(30)20-12-8-13-29(23(20)31)18-19-10-6-5-7-11-19/h5-8,10-13,21H,3-4,9,14-18H2,1-2H3,(H,26,30)/t21-/m0/s1. The van der Waals surface area contributed by atoms with E-state index in [-0.39, 0.29) is 17.6 Å². The molecule has 34 heavy (non-hydrogen) atoms. The van der Waals surface area contributed by atoms with Gasteiger partial charge in [-0.1, -0.05) is 43.7 Å². The van der Waals surface area contributed by atoms with E-state index < -0.39 is 17.5 Å². The minimum absolute atomic E-state index is 0.000496. The summed E-state index contributed by atoms with van der Waals surface area (Å²) in [5.74, 6) is -0.774. The Kier molecular flexibility index (Phi) is 8.84. The molecule has 1 aromatic carbocycles. The average molecular weight is 469 g/mol. The summed E-state index contributed by atoms with van der Waals surface area (Å²) in [5, 5.41) is 2.77. The largest absolute Gasteiger partial charge is 0.450 e. The maximum Gasteiger partial charge on any atom is 0.409 e. The Balaban J connectivity index is 1.67. The molecular weight excluding hydrogens is 436 g/mol. The molecule has 0 aliphatic carbocycles. The van der Waals surface area contributed by atoms with E-state index in [4.69, 9.17) is 4.74 Å². The quantitative estimate of drug-likeness (QED) is 0.639. The first-order valence-corrected chi connectivity index (χ1v) is 11.7. The van der Waals surface area contributed by atoms with Crippen LogP contribution in [0.3, 0.4) is 0 Å². The molecule has 1 atom stereocenters. The third kappa shape index (κ3) is 6.24. The SMILES string of the molecule is CCC[C@H](NC(=O)c1cccn(Cc2ccccc2)c1=O)C(=O)N1CCN(C(=O)OCC)CC1. The normalized spacial score (nSPS) is 14.4. The Morgan fingerprint density at radius 1 is 0.971 bits per heavy atom. The molecule has 1 N–H and O–H groups in total. The lowest BCUT2D eigenvalue weighted by atomic mass is 10.1. The fourth-order valence-electron chi connectivity index (χ4n) is 3.94. The van der Waals surface area contributed by atoms with Crippen molar-refractivity contribution in [2.24, 2.45) is 0 Å². The molecule has 9 heteroatoms. The van der Waals surface area contributed by atoms with E-state index in [1.807, 2.05) is 37.3 Å². The van der Waals surface area contributed by atoms with Gasteiger partial charge in [0.2, 0.25) is 5.91 Å². The minimum atomic E-state index is -0.742. The van der Waals surface area contributed by atoms with Crippen molar-refractivity contribution in [3.63, 3.8) is 0 Å². The third-order valence-corrected chi connectivity index (χ3v) is 5.76. The third-order valence-electron chi connectivity index (χ3n) is 5.76. The molecule has 1 aliphatic rings. The maximum absolute atomic E-state index is 13.1. The van der Waals surface area contributed by atoms with Crippen molar-refractivity contribution in [1.29, 1.82) is 0 Å². The first-order chi connectivity index (χ1) is 16.4. The summed E-state index contributed by atoms with van der Waals surface area (Å²) >= 11 is 0. The van der Waals surface area contributed by atoms with Gasteiger partial charge in [0, 0.05) is 32.4 Å². The summed E-state index contributed by atoms with van der Waals surface area (Å²) in [6, 6.07) is 11.9. The van der Waals surface area contributed by atoms with Gasteiger partial charge in [-0.3, -0.25) is 14.4 Å². The summed E-state index contributed by atoms with van der Waals surface area (Å²) in [4.78, 5) is 54.2. The van der Waals surface area contributed by atoms with E-state index in [0.29, 0.717) is 52.2 Å². The molecule has 3 amide bonds. The Morgan fingerprint density at radius 2 is 1.65 bits per heavy atom. The second-order valence-corrected chi connectivity index (χ2v) is 8.17. The molecule has 1 fully saturated rings. The van der Waals surface area contributed by atoms with Crippen LogP contribution in [0.25, 0.3) is 0 Å². The number of nitrogens with one attached hydrogen (secondary N) is 1. The second-order valence-electron chi connectivity index (χ2n) is 8.17. The van der Waals surface area contributed by atoms with Crippen molar-refractivity contribution < 1.29 is 19.1 Å². The molecule has 0 unspecified atom stereocenters. The number of aromatic nitrogens is 1. The predicted molar refractivity (Wildman–Crippen MR) is 128 cm³/mol. The van der Waals surface area contributed by atoms with Gasteiger partial charge >= 0.3 is 6.09 Å². The predicted octanol–water partition coefficient (Wildman–Crippen LogP) is 2.10. The molecule has 0 saturated carbocycles. The Labute approximate surface area is 199 Å². The van der Waals surface area contributed by atoms with Gasteiger partial charge in [0.1, 0.15) is 11.6 Å². The van der Waals surface area contributed by atoms with Crippen LogP contribution in [0.15, 0.2) is 53.5 Å². The zero-order valence-corrected chi connectivity index (χ0v) is 19.7. The van der Waals surface area contributed by atoms with Crippen molar-refractivity contribution in [3.05, 3.63) is 70.1 Å². The number of piperazine rings is 1. The van der Waals surface area contributed by atoms with Gasteiger partial charge in [-0.2, -0.15) is 0 Å².